The molecule has 0 atom stereocenters. The Hall–Kier alpha value is -3.69. The summed E-state index contributed by atoms with van der Waals surface area (Å²) in [5.41, 5.74) is 2.64. The van der Waals surface area contributed by atoms with Crippen molar-refractivity contribution in [3.8, 4) is 0 Å². The van der Waals surface area contributed by atoms with Gasteiger partial charge in [0.25, 0.3) is 11.5 Å². The third-order valence-electron chi connectivity index (χ3n) is 5.73. The molecule has 4 heterocycles. The van der Waals surface area contributed by atoms with Crippen LogP contribution in [0.2, 0.25) is 0 Å². The van der Waals surface area contributed by atoms with Crippen LogP contribution in [0.1, 0.15) is 22.5 Å². The number of rotatable bonds is 6. The molecule has 0 radical (unpaired) electrons. The first kappa shape index (κ1) is 23.1. The molecule has 0 saturated carbocycles. The van der Waals surface area contributed by atoms with Crippen LogP contribution < -0.4 is 10.5 Å². The SMILES string of the molecule is Cc1cccn2c(=O)c(/C=C3\SC(=S)N(Cc4ccco4)C3=O)c(N(C)Cc3ccccc3)nc12. The van der Waals surface area contributed by atoms with Gasteiger partial charge < -0.3 is 9.32 Å². The van der Waals surface area contributed by atoms with Crippen molar-refractivity contribution < 1.29 is 9.21 Å². The molecule has 9 heteroatoms. The van der Waals surface area contributed by atoms with Crippen molar-refractivity contribution in [1.29, 1.82) is 0 Å². The summed E-state index contributed by atoms with van der Waals surface area (Å²) < 4.78 is 7.32. The summed E-state index contributed by atoms with van der Waals surface area (Å²) in [4.78, 5) is 35.5. The topological polar surface area (TPSA) is 71.1 Å². The number of furan rings is 1. The molecular formula is C26H22N4O3S2. The highest BCUT2D eigenvalue weighted by Gasteiger charge is 2.33. The number of amides is 1. The lowest BCUT2D eigenvalue weighted by molar-refractivity contribution is -0.122. The lowest BCUT2D eigenvalue weighted by Gasteiger charge is -2.21. The van der Waals surface area contributed by atoms with Gasteiger partial charge in [0, 0.05) is 19.8 Å². The lowest BCUT2D eigenvalue weighted by atomic mass is 10.2. The van der Waals surface area contributed by atoms with E-state index < -0.39 is 0 Å². The first-order chi connectivity index (χ1) is 16.9. The van der Waals surface area contributed by atoms with E-state index in [9.17, 15) is 9.59 Å². The molecule has 35 heavy (non-hydrogen) atoms. The summed E-state index contributed by atoms with van der Waals surface area (Å²) in [7, 11) is 1.89. The fourth-order valence-corrected chi connectivity index (χ4v) is 5.21. The molecule has 1 aliphatic heterocycles. The summed E-state index contributed by atoms with van der Waals surface area (Å²) in [5, 5.41) is 0. The van der Waals surface area contributed by atoms with E-state index in [4.69, 9.17) is 21.6 Å². The summed E-state index contributed by atoms with van der Waals surface area (Å²) in [5.74, 6) is 0.875. The van der Waals surface area contributed by atoms with E-state index in [-0.39, 0.29) is 18.0 Å². The van der Waals surface area contributed by atoms with Crippen molar-refractivity contribution >= 4 is 51.7 Å². The highest BCUT2D eigenvalue weighted by molar-refractivity contribution is 8.26. The van der Waals surface area contributed by atoms with Crippen molar-refractivity contribution in [2.75, 3.05) is 11.9 Å². The van der Waals surface area contributed by atoms with E-state index in [1.807, 2.05) is 61.3 Å². The van der Waals surface area contributed by atoms with Crippen molar-refractivity contribution in [3.05, 3.63) is 105 Å². The Balaban J connectivity index is 1.59. The number of carbonyl (C=O) groups excluding carboxylic acids is 1. The Morgan fingerprint density at radius 2 is 1.91 bits per heavy atom. The normalized spacial score (nSPS) is 14.9. The van der Waals surface area contributed by atoms with Crippen LogP contribution in [0.3, 0.4) is 0 Å². The minimum atomic E-state index is -0.262. The van der Waals surface area contributed by atoms with Gasteiger partial charge in [-0.15, -0.1) is 0 Å². The van der Waals surface area contributed by atoms with Crippen LogP contribution in [0.5, 0.6) is 0 Å². The van der Waals surface area contributed by atoms with Gasteiger partial charge in [-0.3, -0.25) is 18.9 Å². The molecule has 0 bridgehead atoms. The summed E-state index contributed by atoms with van der Waals surface area (Å²) >= 11 is 6.63. The number of benzene rings is 1. The molecule has 3 aromatic heterocycles. The smallest absolute Gasteiger partial charge is 0.267 e. The third kappa shape index (κ3) is 4.52. The predicted octanol–water partition coefficient (Wildman–Crippen LogP) is 4.63. The van der Waals surface area contributed by atoms with Gasteiger partial charge in [-0.2, -0.15) is 0 Å². The number of fused-ring (bicyclic) bond motifs is 1. The molecule has 0 aliphatic carbocycles. The Morgan fingerprint density at radius 3 is 2.66 bits per heavy atom. The number of thioether (sulfide) groups is 1. The standard InChI is InChI=1S/C26H22N4O3S2/c1-17-8-6-12-29-22(17)27-23(28(2)15-18-9-4-3-5-10-18)20(24(29)31)14-21-25(32)30(26(34)35-21)16-19-11-7-13-33-19/h3-14H,15-16H2,1-2H3/b21-14-. The predicted molar refractivity (Wildman–Crippen MR) is 142 cm³/mol. The molecule has 0 unspecified atom stereocenters. The number of aryl methyl sites for hydroxylation is 1. The van der Waals surface area contributed by atoms with Crippen LogP contribution >= 0.6 is 24.0 Å². The molecule has 176 valence electrons. The van der Waals surface area contributed by atoms with E-state index in [1.54, 1.807) is 30.7 Å². The molecule has 0 spiro atoms. The first-order valence-corrected chi connectivity index (χ1v) is 12.2. The molecular weight excluding hydrogens is 480 g/mol. The second-order valence-corrected chi connectivity index (χ2v) is 9.90. The van der Waals surface area contributed by atoms with Gasteiger partial charge in [0.2, 0.25) is 0 Å². The fourth-order valence-electron chi connectivity index (χ4n) is 3.98. The van der Waals surface area contributed by atoms with Gasteiger partial charge in [0.1, 0.15) is 21.5 Å². The van der Waals surface area contributed by atoms with E-state index in [0.717, 1.165) is 11.1 Å². The maximum atomic E-state index is 13.6. The van der Waals surface area contributed by atoms with Crippen LogP contribution in [0.25, 0.3) is 11.7 Å². The molecule has 1 aliphatic rings. The number of hydrogen-bond donors (Lipinski definition) is 0. The highest BCUT2D eigenvalue weighted by atomic mass is 32.2. The molecule has 0 N–H and O–H groups in total. The number of aromatic nitrogens is 2. The van der Waals surface area contributed by atoms with Gasteiger partial charge in [-0.05, 0) is 42.3 Å². The van der Waals surface area contributed by atoms with E-state index in [1.165, 1.54) is 21.1 Å². The molecule has 1 fully saturated rings. The van der Waals surface area contributed by atoms with Gasteiger partial charge in [-0.25, -0.2) is 4.98 Å². The van der Waals surface area contributed by atoms with Gasteiger partial charge in [0.15, 0.2) is 0 Å². The zero-order valence-electron chi connectivity index (χ0n) is 19.2. The zero-order chi connectivity index (χ0) is 24.5. The van der Waals surface area contributed by atoms with Crippen molar-refractivity contribution in [3.63, 3.8) is 0 Å². The summed E-state index contributed by atoms with van der Waals surface area (Å²) in [6.07, 6.45) is 4.86. The molecule has 1 saturated heterocycles. The number of thiocarbonyl (C=S) groups is 1. The van der Waals surface area contributed by atoms with Crippen LogP contribution in [-0.2, 0) is 17.9 Å². The Morgan fingerprint density at radius 1 is 1.11 bits per heavy atom. The van der Waals surface area contributed by atoms with E-state index in [0.29, 0.717) is 38.6 Å². The van der Waals surface area contributed by atoms with Crippen LogP contribution in [0, 0.1) is 6.92 Å². The van der Waals surface area contributed by atoms with Crippen molar-refractivity contribution in [2.45, 2.75) is 20.0 Å². The van der Waals surface area contributed by atoms with Gasteiger partial charge in [0.05, 0.1) is 23.3 Å². The Bertz CT molecular complexity index is 1510. The molecule has 7 nitrogen and oxygen atoms in total. The molecule has 4 aromatic rings. The van der Waals surface area contributed by atoms with Crippen LogP contribution in [0.4, 0.5) is 5.82 Å². The number of pyridine rings is 1. The molecule has 5 rings (SSSR count). The quantitative estimate of drug-likeness (QED) is 0.281. The first-order valence-electron chi connectivity index (χ1n) is 11.0. The maximum absolute atomic E-state index is 13.6. The van der Waals surface area contributed by atoms with Crippen LogP contribution in [0.15, 0.2) is 81.2 Å². The van der Waals surface area contributed by atoms with E-state index >= 15 is 0 Å². The average molecular weight is 503 g/mol. The summed E-state index contributed by atoms with van der Waals surface area (Å²) in [6, 6.07) is 17.2. The van der Waals surface area contributed by atoms with Crippen LogP contribution in [-0.4, -0.2) is 31.6 Å². The average Bonchev–Trinajstić information content (AvgIpc) is 3.46. The second-order valence-electron chi connectivity index (χ2n) is 8.23. The van der Waals surface area contributed by atoms with Crippen molar-refractivity contribution in [1.82, 2.24) is 14.3 Å². The van der Waals surface area contributed by atoms with Gasteiger partial charge in [-0.1, -0.05) is 60.4 Å². The summed E-state index contributed by atoms with van der Waals surface area (Å²) in [6.45, 7) is 2.71. The molecule has 1 amide bonds. The largest absolute Gasteiger partial charge is 0.467 e. The zero-order valence-corrected chi connectivity index (χ0v) is 20.8. The monoisotopic (exact) mass is 502 g/mol. The molecule has 1 aromatic carbocycles. The highest BCUT2D eigenvalue weighted by Crippen LogP contribution is 2.34. The number of nitrogens with zero attached hydrogens (tertiary/aromatic N) is 4. The second kappa shape index (κ2) is 9.52. The van der Waals surface area contributed by atoms with E-state index in [2.05, 4.69) is 0 Å². The Labute approximate surface area is 211 Å². The number of anilines is 1. The fraction of sp³-hybridized carbons (Fsp3) is 0.154. The maximum Gasteiger partial charge on any atom is 0.267 e. The third-order valence-corrected chi connectivity index (χ3v) is 7.11. The minimum Gasteiger partial charge on any atom is -0.467 e. The minimum absolute atomic E-state index is 0.240. The number of hydrogen-bond acceptors (Lipinski definition) is 7. The number of carbonyl (C=O) groups is 1. The Kier molecular flexibility index (Phi) is 6.27. The van der Waals surface area contributed by atoms with Gasteiger partial charge >= 0.3 is 0 Å². The lowest BCUT2D eigenvalue weighted by Crippen LogP contribution is -2.28. The van der Waals surface area contributed by atoms with Crippen molar-refractivity contribution in [2.24, 2.45) is 0 Å².